The Morgan fingerprint density at radius 2 is 2.57 bits per heavy atom. The van der Waals surface area contributed by atoms with Gasteiger partial charge in [0.1, 0.15) is 0 Å². The number of hydrogen-bond donors (Lipinski definition) is 1. The zero-order valence-corrected chi connectivity index (χ0v) is 8.27. The zero-order valence-electron chi connectivity index (χ0n) is 8.27. The summed E-state index contributed by atoms with van der Waals surface area (Å²) in [6, 6.07) is 0. The quantitative estimate of drug-likeness (QED) is 0.759. The van der Waals surface area contributed by atoms with Gasteiger partial charge in [-0.1, -0.05) is 12.1 Å². The van der Waals surface area contributed by atoms with Gasteiger partial charge in [0.25, 0.3) is 0 Å². The van der Waals surface area contributed by atoms with Crippen LogP contribution in [0.15, 0.2) is 10.9 Å². The lowest BCUT2D eigenvalue weighted by atomic mass is 9.86. The molecule has 2 N–H and O–H groups in total. The van der Waals surface area contributed by atoms with Crippen LogP contribution in [0.2, 0.25) is 0 Å². The molecule has 1 aromatic rings. The molecule has 2 rings (SSSR count). The first kappa shape index (κ1) is 9.61. The third-order valence-electron chi connectivity index (χ3n) is 2.76. The van der Waals surface area contributed by atoms with Crippen LogP contribution >= 0.6 is 0 Å². The van der Waals surface area contributed by atoms with Crippen LogP contribution in [0.1, 0.15) is 32.0 Å². The van der Waals surface area contributed by atoms with E-state index in [1.807, 2.05) is 0 Å². The molecule has 0 saturated carbocycles. The second-order valence-corrected chi connectivity index (χ2v) is 3.77. The summed E-state index contributed by atoms with van der Waals surface area (Å²) in [5.74, 6) is 0.597. The average molecular weight is 197 g/mol. The van der Waals surface area contributed by atoms with Gasteiger partial charge < -0.3 is 15.0 Å². The molecule has 1 fully saturated rings. The van der Waals surface area contributed by atoms with Crippen molar-refractivity contribution in [1.29, 1.82) is 0 Å². The summed E-state index contributed by atoms with van der Waals surface area (Å²) in [6.07, 6.45) is 4.02. The molecule has 0 spiro atoms. The Balaban J connectivity index is 2.15. The lowest BCUT2D eigenvalue weighted by Gasteiger charge is -2.35. The summed E-state index contributed by atoms with van der Waals surface area (Å²) in [5.41, 5.74) is 5.76. The molecule has 5 nitrogen and oxygen atoms in total. The first-order valence-electron chi connectivity index (χ1n) is 4.92. The molecule has 1 aliphatic rings. The van der Waals surface area contributed by atoms with Gasteiger partial charge in [0.2, 0.25) is 6.39 Å². The molecule has 1 saturated heterocycles. The fraction of sp³-hybridized carbons (Fsp3) is 0.778. The van der Waals surface area contributed by atoms with Crippen LogP contribution in [-0.4, -0.2) is 22.9 Å². The Morgan fingerprint density at radius 3 is 3.21 bits per heavy atom. The van der Waals surface area contributed by atoms with Crippen LogP contribution < -0.4 is 5.73 Å². The van der Waals surface area contributed by atoms with E-state index in [9.17, 15) is 0 Å². The first-order chi connectivity index (χ1) is 6.74. The molecule has 0 amide bonds. The minimum Gasteiger partial charge on any atom is -0.378 e. The van der Waals surface area contributed by atoms with Gasteiger partial charge in [0.15, 0.2) is 5.82 Å². The van der Waals surface area contributed by atoms with E-state index in [0.717, 1.165) is 19.3 Å². The van der Waals surface area contributed by atoms with Crippen LogP contribution in [0.25, 0.3) is 0 Å². The maximum atomic E-state index is 6.23. The van der Waals surface area contributed by atoms with Gasteiger partial charge in [-0.2, -0.15) is 4.98 Å². The van der Waals surface area contributed by atoms with Crippen molar-refractivity contribution in [2.45, 2.75) is 37.8 Å². The minimum absolute atomic E-state index is 0.215. The summed E-state index contributed by atoms with van der Waals surface area (Å²) in [4.78, 5) is 4.02. The Bertz CT molecular complexity index is 288. The second-order valence-electron chi connectivity index (χ2n) is 3.77. The van der Waals surface area contributed by atoms with Crippen molar-refractivity contribution < 1.29 is 9.26 Å². The lowest BCUT2D eigenvalue weighted by Crippen LogP contribution is -2.46. The zero-order chi connectivity index (χ0) is 10.0. The molecule has 2 unspecified atom stereocenters. The minimum atomic E-state index is -0.466. The molecular weight excluding hydrogens is 182 g/mol. The number of nitrogens with zero attached hydrogens (tertiary/aromatic N) is 2. The Hall–Kier alpha value is -0.940. The highest BCUT2D eigenvalue weighted by Crippen LogP contribution is 2.30. The number of aromatic nitrogens is 2. The predicted molar refractivity (Wildman–Crippen MR) is 49.4 cm³/mol. The highest BCUT2D eigenvalue weighted by molar-refractivity contribution is 5.04. The van der Waals surface area contributed by atoms with Crippen molar-refractivity contribution in [1.82, 2.24) is 10.1 Å². The smallest absolute Gasteiger partial charge is 0.213 e. The van der Waals surface area contributed by atoms with E-state index in [4.69, 9.17) is 15.0 Å². The van der Waals surface area contributed by atoms with Crippen molar-refractivity contribution >= 4 is 0 Å². The SMILES string of the molecule is CCC1CC(N)(c2ncon2)CCO1. The second kappa shape index (κ2) is 3.67. The largest absolute Gasteiger partial charge is 0.378 e. The van der Waals surface area contributed by atoms with Gasteiger partial charge >= 0.3 is 0 Å². The Morgan fingerprint density at radius 1 is 1.71 bits per heavy atom. The molecule has 1 aliphatic heterocycles. The topological polar surface area (TPSA) is 74.2 Å². The van der Waals surface area contributed by atoms with Gasteiger partial charge in [0.05, 0.1) is 11.6 Å². The van der Waals surface area contributed by atoms with Crippen LogP contribution in [0.4, 0.5) is 0 Å². The number of ether oxygens (including phenoxy) is 1. The number of rotatable bonds is 2. The van der Waals surface area contributed by atoms with Crippen molar-refractivity contribution in [3.8, 4) is 0 Å². The summed E-state index contributed by atoms with van der Waals surface area (Å²) in [5, 5.41) is 3.81. The normalized spacial score (nSPS) is 33.1. The van der Waals surface area contributed by atoms with Crippen LogP contribution in [-0.2, 0) is 10.3 Å². The summed E-state index contributed by atoms with van der Waals surface area (Å²) in [7, 11) is 0. The summed E-state index contributed by atoms with van der Waals surface area (Å²) >= 11 is 0. The van der Waals surface area contributed by atoms with E-state index >= 15 is 0 Å². The molecule has 2 heterocycles. The van der Waals surface area contributed by atoms with Crippen molar-refractivity contribution in [2.75, 3.05) is 6.61 Å². The Kier molecular flexibility index (Phi) is 2.52. The van der Waals surface area contributed by atoms with Gasteiger partial charge in [-0.15, -0.1) is 0 Å². The molecule has 14 heavy (non-hydrogen) atoms. The maximum Gasteiger partial charge on any atom is 0.213 e. The summed E-state index contributed by atoms with van der Waals surface area (Å²) < 4.78 is 10.3. The van der Waals surface area contributed by atoms with E-state index in [-0.39, 0.29) is 6.10 Å². The van der Waals surface area contributed by atoms with Crippen molar-refractivity contribution in [2.24, 2.45) is 5.73 Å². The van der Waals surface area contributed by atoms with Crippen LogP contribution in [0.3, 0.4) is 0 Å². The Labute approximate surface area is 82.6 Å². The van der Waals surface area contributed by atoms with E-state index in [0.29, 0.717) is 12.4 Å². The van der Waals surface area contributed by atoms with Crippen LogP contribution in [0, 0.1) is 0 Å². The molecule has 2 atom stereocenters. The molecule has 0 aliphatic carbocycles. The summed E-state index contributed by atoms with van der Waals surface area (Å²) in [6.45, 7) is 2.76. The molecular formula is C9H15N3O2. The van der Waals surface area contributed by atoms with Gasteiger partial charge in [0, 0.05) is 6.61 Å². The monoisotopic (exact) mass is 197 g/mol. The van der Waals surface area contributed by atoms with E-state index in [2.05, 4.69) is 17.1 Å². The molecule has 0 radical (unpaired) electrons. The van der Waals surface area contributed by atoms with E-state index < -0.39 is 5.54 Å². The first-order valence-corrected chi connectivity index (χ1v) is 4.92. The van der Waals surface area contributed by atoms with Crippen molar-refractivity contribution in [3.05, 3.63) is 12.2 Å². The standard InChI is InChI=1S/C9H15N3O2/c1-2-7-5-9(10,3-4-13-7)8-11-6-14-12-8/h6-7H,2-5,10H2,1H3. The molecule has 5 heteroatoms. The fourth-order valence-electron chi connectivity index (χ4n) is 1.83. The molecule has 1 aromatic heterocycles. The van der Waals surface area contributed by atoms with Crippen LogP contribution in [0.5, 0.6) is 0 Å². The molecule has 78 valence electrons. The molecule has 0 bridgehead atoms. The highest BCUT2D eigenvalue weighted by atomic mass is 16.5. The van der Waals surface area contributed by atoms with Gasteiger partial charge in [-0.3, -0.25) is 0 Å². The maximum absolute atomic E-state index is 6.23. The third kappa shape index (κ3) is 1.65. The number of hydrogen-bond acceptors (Lipinski definition) is 5. The van der Waals surface area contributed by atoms with E-state index in [1.165, 1.54) is 6.39 Å². The third-order valence-corrected chi connectivity index (χ3v) is 2.76. The lowest BCUT2D eigenvalue weighted by molar-refractivity contribution is -0.0239. The fourth-order valence-corrected chi connectivity index (χ4v) is 1.83. The highest BCUT2D eigenvalue weighted by Gasteiger charge is 2.37. The molecule has 0 aromatic carbocycles. The number of nitrogens with two attached hydrogens (primary N) is 1. The van der Waals surface area contributed by atoms with Gasteiger partial charge in [-0.25, -0.2) is 0 Å². The average Bonchev–Trinajstić information content (AvgIpc) is 2.71. The predicted octanol–water partition coefficient (Wildman–Crippen LogP) is 0.813. The van der Waals surface area contributed by atoms with Crippen molar-refractivity contribution in [3.63, 3.8) is 0 Å². The van der Waals surface area contributed by atoms with Gasteiger partial charge in [-0.05, 0) is 19.3 Å². The van der Waals surface area contributed by atoms with E-state index in [1.54, 1.807) is 0 Å².